The molecule has 0 radical (unpaired) electrons. The standard InChI is InChI=1S/C14H25N5OS/c1-10(2)14-12(21-17-16-14)7-15-13(20)9-19-6-5-11(8-19)18(3)4/h10-11H,5-9H2,1-4H3,(H,15,20). The zero-order chi connectivity index (χ0) is 15.4. The lowest BCUT2D eigenvalue weighted by Gasteiger charge is -2.20. The third-order valence-electron chi connectivity index (χ3n) is 3.92. The van der Waals surface area contributed by atoms with Gasteiger partial charge in [-0.3, -0.25) is 9.69 Å². The van der Waals surface area contributed by atoms with Gasteiger partial charge in [-0.1, -0.05) is 18.3 Å². The first-order chi connectivity index (χ1) is 9.97. The fraction of sp³-hybridized carbons (Fsp3) is 0.786. The van der Waals surface area contributed by atoms with Crippen molar-refractivity contribution in [3.05, 3.63) is 10.6 Å². The van der Waals surface area contributed by atoms with Crippen LogP contribution in [0.2, 0.25) is 0 Å². The Morgan fingerprint density at radius 3 is 2.90 bits per heavy atom. The second-order valence-corrected chi connectivity index (χ2v) is 6.99. The highest BCUT2D eigenvalue weighted by atomic mass is 32.1. The number of likely N-dealkylation sites (N-methyl/N-ethyl adjacent to an activating group) is 1. The Morgan fingerprint density at radius 1 is 1.52 bits per heavy atom. The van der Waals surface area contributed by atoms with Crippen molar-refractivity contribution >= 4 is 17.4 Å². The molecule has 0 bridgehead atoms. The molecule has 1 saturated heterocycles. The van der Waals surface area contributed by atoms with Crippen molar-refractivity contribution in [3.63, 3.8) is 0 Å². The number of nitrogens with one attached hydrogen (secondary N) is 1. The van der Waals surface area contributed by atoms with Crippen molar-refractivity contribution in [2.24, 2.45) is 0 Å². The molecule has 1 aromatic rings. The van der Waals surface area contributed by atoms with Crippen LogP contribution < -0.4 is 5.32 Å². The monoisotopic (exact) mass is 311 g/mol. The van der Waals surface area contributed by atoms with Gasteiger partial charge in [0.25, 0.3) is 0 Å². The lowest BCUT2D eigenvalue weighted by molar-refractivity contribution is -0.122. The van der Waals surface area contributed by atoms with Crippen LogP contribution >= 0.6 is 11.5 Å². The maximum Gasteiger partial charge on any atom is 0.234 e. The quantitative estimate of drug-likeness (QED) is 0.846. The minimum Gasteiger partial charge on any atom is -0.350 e. The van der Waals surface area contributed by atoms with E-state index in [1.807, 2.05) is 0 Å². The number of rotatable bonds is 6. The molecule has 1 aliphatic heterocycles. The van der Waals surface area contributed by atoms with Gasteiger partial charge in [-0.25, -0.2) is 0 Å². The summed E-state index contributed by atoms with van der Waals surface area (Å²) in [6, 6.07) is 0.566. The largest absolute Gasteiger partial charge is 0.350 e. The van der Waals surface area contributed by atoms with Crippen molar-refractivity contribution in [1.29, 1.82) is 0 Å². The van der Waals surface area contributed by atoms with E-state index in [0.717, 1.165) is 30.1 Å². The van der Waals surface area contributed by atoms with E-state index in [1.165, 1.54) is 11.5 Å². The van der Waals surface area contributed by atoms with Crippen LogP contribution in [-0.4, -0.2) is 65.1 Å². The molecule has 21 heavy (non-hydrogen) atoms. The first-order valence-corrected chi connectivity index (χ1v) is 8.21. The van der Waals surface area contributed by atoms with Gasteiger partial charge in [-0.2, -0.15) is 0 Å². The maximum atomic E-state index is 12.0. The fourth-order valence-corrected chi connectivity index (χ4v) is 3.33. The molecule has 1 unspecified atom stereocenters. The lowest BCUT2D eigenvalue weighted by atomic mass is 10.1. The van der Waals surface area contributed by atoms with Gasteiger partial charge in [-0.05, 0) is 38.0 Å². The number of carbonyl (C=O) groups is 1. The Balaban J connectivity index is 1.77. The van der Waals surface area contributed by atoms with E-state index in [0.29, 0.717) is 25.0 Å². The highest BCUT2D eigenvalue weighted by molar-refractivity contribution is 7.05. The number of likely N-dealkylation sites (tertiary alicyclic amines) is 1. The smallest absolute Gasteiger partial charge is 0.234 e. The summed E-state index contributed by atoms with van der Waals surface area (Å²) < 4.78 is 3.98. The van der Waals surface area contributed by atoms with Crippen molar-refractivity contribution in [1.82, 2.24) is 24.7 Å². The number of hydrogen-bond donors (Lipinski definition) is 1. The summed E-state index contributed by atoms with van der Waals surface area (Å²) in [5, 5.41) is 7.12. The van der Waals surface area contributed by atoms with Crippen LogP contribution in [0.3, 0.4) is 0 Å². The molecular formula is C14H25N5OS. The Hall–Kier alpha value is -1.05. The maximum absolute atomic E-state index is 12.0. The first-order valence-electron chi connectivity index (χ1n) is 7.44. The summed E-state index contributed by atoms with van der Waals surface area (Å²) in [6.45, 7) is 7.17. The number of amides is 1. The van der Waals surface area contributed by atoms with Gasteiger partial charge in [0.2, 0.25) is 5.91 Å². The highest BCUT2D eigenvalue weighted by Gasteiger charge is 2.25. The summed E-state index contributed by atoms with van der Waals surface area (Å²) in [5.41, 5.74) is 0.995. The first kappa shape index (κ1) is 16.3. The van der Waals surface area contributed by atoms with Crippen LogP contribution in [0.25, 0.3) is 0 Å². The Kier molecular flexibility index (Phi) is 5.66. The van der Waals surface area contributed by atoms with Crippen LogP contribution in [-0.2, 0) is 11.3 Å². The summed E-state index contributed by atoms with van der Waals surface area (Å²) in [7, 11) is 4.19. The molecule has 0 aromatic carbocycles. The molecule has 2 heterocycles. The molecule has 7 heteroatoms. The fourth-order valence-electron chi connectivity index (χ4n) is 2.59. The van der Waals surface area contributed by atoms with Gasteiger partial charge in [0.05, 0.1) is 23.7 Å². The molecule has 118 valence electrons. The third-order valence-corrected chi connectivity index (χ3v) is 4.66. The number of nitrogens with zero attached hydrogens (tertiary/aromatic N) is 4. The van der Waals surface area contributed by atoms with Crippen LogP contribution in [0.5, 0.6) is 0 Å². The van der Waals surface area contributed by atoms with Gasteiger partial charge < -0.3 is 10.2 Å². The van der Waals surface area contributed by atoms with Crippen molar-refractivity contribution in [2.45, 2.75) is 38.8 Å². The molecule has 1 aromatic heterocycles. The molecule has 2 rings (SSSR count). The Morgan fingerprint density at radius 2 is 2.29 bits per heavy atom. The van der Waals surface area contributed by atoms with Crippen molar-refractivity contribution < 1.29 is 4.79 Å². The molecule has 0 saturated carbocycles. The minimum absolute atomic E-state index is 0.0810. The van der Waals surface area contributed by atoms with Gasteiger partial charge in [0.15, 0.2) is 0 Å². The van der Waals surface area contributed by atoms with Crippen molar-refractivity contribution in [3.8, 4) is 0 Å². The molecule has 1 aliphatic rings. The van der Waals surface area contributed by atoms with Crippen LogP contribution in [0.1, 0.15) is 36.8 Å². The molecule has 0 aliphatic carbocycles. The molecule has 1 amide bonds. The normalized spacial score (nSPS) is 19.6. The summed E-state index contributed by atoms with van der Waals surface area (Å²) in [4.78, 5) is 17.6. The SMILES string of the molecule is CC(C)c1nnsc1CNC(=O)CN1CCC(N(C)C)C1. The average molecular weight is 311 g/mol. The predicted molar refractivity (Wildman–Crippen MR) is 84.4 cm³/mol. The van der Waals surface area contributed by atoms with Gasteiger partial charge in [0, 0.05) is 19.1 Å². The molecular weight excluding hydrogens is 286 g/mol. The Labute approximate surface area is 130 Å². The minimum atomic E-state index is 0.0810. The zero-order valence-corrected chi connectivity index (χ0v) is 14.1. The summed E-state index contributed by atoms with van der Waals surface area (Å²) in [5.74, 6) is 0.424. The van der Waals surface area contributed by atoms with Crippen molar-refractivity contribution in [2.75, 3.05) is 33.7 Å². The van der Waals surface area contributed by atoms with E-state index in [2.05, 4.69) is 52.6 Å². The zero-order valence-electron chi connectivity index (χ0n) is 13.3. The van der Waals surface area contributed by atoms with Crippen LogP contribution in [0, 0.1) is 0 Å². The second-order valence-electron chi connectivity index (χ2n) is 6.15. The van der Waals surface area contributed by atoms with E-state index >= 15 is 0 Å². The number of hydrogen-bond acceptors (Lipinski definition) is 6. The lowest BCUT2D eigenvalue weighted by Crippen LogP contribution is -2.38. The van der Waals surface area contributed by atoms with E-state index in [-0.39, 0.29) is 5.91 Å². The van der Waals surface area contributed by atoms with Gasteiger partial charge in [-0.15, -0.1) is 5.10 Å². The number of aromatic nitrogens is 2. The van der Waals surface area contributed by atoms with E-state index in [4.69, 9.17) is 0 Å². The Bertz CT molecular complexity index is 474. The van der Waals surface area contributed by atoms with Crippen LogP contribution in [0.15, 0.2) is 0 Å². The molecule has 0 spiro atoms. The molecule has 1 fully saturated rings. The van der Waals surface area contributed by atoms with E-state index in [9.17, 15) is 4.79 Å². The van der Waals surface area contributed by atoms with Crippen LogP contribution in [0.4, 0.5) is 0 Å². The summed E-state index contributed by atoms with van der Waals surface area (Å²) in [6.07, 6.45) is 1.14. The van der Waals surface area contributed by atoms with Gasteiger partial charge >= 0.3 is 0 Å². The third kappa shape index (κ3) is 4.46. The molecule has 6 nitrogen and oxygen atoms in total. The van der Waals surface area contributed by atoms with E-state index in [1.54, 1.807) is 0 Å². The molecule has 1 N–H and O–H groups in total. The topological polar surface area (TPSA) is 61.4 Å². The number of carbonyl (C=O) groups excluding carboxylic acids is 1. The summed E-state index contributed by atoms with van der Waals surface area (Å²) >= 11 is 1.37. The van der Waals surface area contributed by atoms with Gasteiger partial charge in [0.1, 0.15) is 0 Å². The highest BCUT2D eigenvalue weighted by Crippen LogP contribution is 2.19. The second kappa shape index (κ2) is 7.29. The molecule has 1 atom stereocenters. The van der Waals surface area contributed by atoms with E-state index < -0.39 is 0 Å². The predicted octanol–water partition coefficient (Wildman–Crippen LogP) is 0.914. The average Bonchev–Trinajstić information content (AvgIpc) is 3.04.